The molecule has 0 radical (unpaired) electrons. The molecule has 2 aromatic carbocycles. The first kappa shape index (κ1) is 27.4. The van der Waals surface area contributed by atoms with E-state index in [2.05, 4.69) is 15.4 Å². The summed E-state index contributed by atoms with van der Waals surface area (Å²) in [6, 6.07) is 12.2. The Morgan fingerprint density at radius 3 is 2.14 bits per heavy atom. The highest BCUT2D eigenvalue weighted by Gasteiger charge is 2.26. The van der Waals surface area contributed by atoms with Crippen molar-refractivity contribution < 1.29 is 22.7 Å². The summed E-state index contributed by atoms with van der Waals surface area (Å²) >= 11 is 12.3. The van der Waals surface area contributed by atoms with Crippen LogP contribution in [0.3, 0.4) is 0 Å². The van der Waals surface area contributed by atoms with E-state index in [1.54, 1.807) is 57.4 Å². The Bertz CT molecular complexity index is 1400. The molecule has 1 amide bonds. The summed E-state index contributed by atoms with van der Waals surface area (Å²) in [5, 5.41) is 6.87. The number of sulfonamides is 1. The zero-order chi connectivity index (χ0) is 26.6. The minimum absolute atomic E-state index is 0.0515. The van der Waals surface area contributed by atoms with E-state index in [0.29, 0.717) is 31.8 Å². The maximum absolute atomic E-state index is 12.7. The van der Waals surface area contributed by atoms with Crippen LogP contribution in [0.2, 0.25) is 5.02 Å². The number of methoxy groups -OCH3 is 1. The molecule has 36 heavy (non-hydrogen) atoms. The first-order valence-corrected chi connectivity index (χ1v) is 13.4. The fourth-order valence-corrected chi connectivity index (χ4v) is 5.76. The molecule has 0 bridgehead atoms. The van der Waals surface area contributed by atoms with E-state index < -0.39 is 16.0 Å². The van der Waals surface area contributed by atoms with Crippen LogP contribution in [0.4, 0.5) is 16.4 Å². The van der Waals surface area contributed by atoms with Gasteiger partial charge in [-0.05, 0) is 73.2 Å². The first-order valence-electron chi connectivity index (χ1n) is 10.3. The summed E-state index contributed by atoms with van der Waals surface area (Å²) in [6.07, 6.45) is 0. The molecule has 0 saturated carbocycles. The van der Waals surface area contributed by atoms with Crippen molar-refractivity contribution in [1.29, 1.82) is 0 Å². The van der Waals surface area contributed by atoms with Crippen LogP contribution < -0.4 is 15.4 Å². The number of halogens is 1. The van der Waals surface area contributed by atoms with Crippen molar-refractivity contribution in [3.8, 4) is 0 Å². The van der Waals surface area contributed by atoms with Crippen molar-refractivity contribution in [2.75, 3.05) is 36.6 Å². The van der Waals surface area contributed by atoms with Gasteiger partial charge in [-0.25, -0.2) is 13.2 Å². The van der Waals surface area contributed by atoms with Crippen molar-refractivity contribution in [3.63, 3.8) is 0 Å². The quantitative estimate of drug-likeness (QED) is 0.276. The average Bonchev–Trinajstić information content (AvgIpc) is 3.14. The molecule has 0 saturated heterocycles. The number of anilines is 3. The summed E-state index contributed by atoms with van der Waals surface area (Å²) in [6.45, 7) is 1.67. The van der Waals surface area contributed by atoms with Crippen LogP contribution in [0, 0.1) is 6.92 Å². The van der Waals surface area contributed by atoms with Crippen LogP contribution in [0.1, 0.15) is 25.6 Å². The number of amides is 1. The number of hydrogen-bond donors (Lipinski definition) is 3. The summed E-state index contributed by atoms with van der Waals surface area (Å²) in [5.41, 5.74) is 1.59. The normalized spacial score (nSPS) is 10.9. The predicted molar refractivity (Wildman–Crippen MR) is 147 cm³/mol. The highest BCUT2D eigenvalue weighted by atomic mass is 35.5. The van der Waals surface area contributed by atoms with Gasteiger partial charge in [-0.15, -0.1) is 11.3 Å². The van der Waals surface area contributed by atoms with Crippen molar-refractivity contribution in [3.05, 3.63) is 69.6 Å². The maximum atomic E-state index is 12.7. The molecule has 13 heteroatoms. The Balaban J connectivity index is 1.75. The van der Waals surface area contributed by atoms with E-state index in [1.165, 1.54) is 24.1 Å². The molecule has 0 aliphatic heterocycles. The van der Waals surface area contributed by atoms with E-state index >= 15 is 0 Å². The standard InChI is InChI=1S/C23H23ClN4O5S3/c1-13-18(22(30)33-4)20(35-19(13)21(29)28(2)3)26-23(34)25-15-9-11-17(12-10-15)36(31,32)27-16-7-5-14(24)6-8-16/h5-12,27H,1-4H3,(H2,25,26,34). The lowest BCUT2D eigenvalue weighted by atomic mass is 10.1. The SMILES string of the molecule is COC(=O)c1c(NC(=S)Nc2ccc(S(=O)(=O)Nc3ccc(Cl)cc3)cc2)sc(C(=O)N(C)C)c1C. The van der Waals surface area contributed by atoms with Gasteiger partial charge in [0, 0.05) is 30.5 Å². The Labute approximate surface area is 223 Å². The second-order valence-corrected chi connectivity index (χ2v) is 11.2. The Morgan fingerprint density at radius 1 is 1.00 bits per heavy atom. The van der Waals surface area contributed by atoms with Gasteiger partial charge in [-0.3, -0.25) is 9.52 Å². The Morgan fingerprint density at radius 2 is 1.58 bits per heavy atom. The molecule has 1 aromatic heterocycles. The zero-order valence-electron chi connectivity index (χ0n) is 19.7. The fourth-order valence-electron chi connectivity index (χ4n) is 3.07. The Kier molecular flexibility index (Phi) is 8.56. The molecule has 3 N–H and O–H groups in total. The number of esters is 1. The molecule has 0 aliphatic rings. The molecule has 1 heterocycles. The second kappa shape index (κ2) is 11.2. The average molecular weight is 567 g/mol. The van der Waals surface area contributed by atoms with Crippen LogP contribution in [-0.2, 0) is 14.8 Å². The number of hydrogen-bond acceptors (Lipinski definition) is 7. The van der Waals surface area contributed by atoms with Crippen LogP contribution in [0.25, 0.3) is 0 Å². The summed E-state index contributed by atoms with van der Waals surface area (Å²) in [5.74, 6) is -0.854. The molecule has 190 valence electrons. The van der Waals surface area contributed by atoms with E-state index in [-0.39, 0.29) is 21.5 Å². The third-order valence-corrected chi connectivity index (χ3v) is 7.93. The lowest BCUT2D eigenvalue weighted by Crippen LogP contribution is -2.21. The van der Waals surface area contributed by atoms with E-state index in [1.807, 2.05) is 0 Å². The van der Waals surface area contributed by atoms with Crippen molar-refractivity contribution >= 4 is 78.5 Å². The van der Waals surface area contributed by atoms with E-state index in [9.17, 15) is 18.0 Å². The molecule has 3 rings (SSSR count). The molecule has 3 aromatic rings. The van der Waals surface area contributed by atoms with Gasteiger partial charge in [-0.1, -0.05) is 11.6 Å². The summed E-state index contributed by atoms with van der Waals surface area (Å²) < 4.78 is 32.7. The van der Waals surface area contributed by atoms with Gasteiger partial charge in [0.1, 0.15) is 5.00 Å². The highest BCUT2D eigenvalue weighted by Crippen LogP contribution is 2.34. The number of thiocarbonyl (C=S) groups is 1. The highest BCUT2D eigenvalue weighted by molar-refractivity contribution is 7.92. The number of carbonyl (C=O) groups excluding carboxylic acids is 2. The second-order valence-electron chi connectivity index (χ2n) is 7.67. The number of carbonyl (C=O) groups is 2. The van der Waals surface area contributed by atoms with Gasteiger partial charge >= 0.3 is 5.97 Å². The van der Waals surface area contributed by atoms with Gasteiger partial charge in [0.05, 0.1) is 22.4 Å². The molecular formula is C23H23ClN4O5S3. The lowest BCUT2D eigenvalue weighted by Gasteiger charge is -2.12. The number of nitrogens with one attached hydrogen (secondary N) is 3. The monoisotopic (exact) mass is 566 g/mol. The minimum Gasteiger partial charge on any atom is -0.465 e. The van der Waals surface area contributed by atoms with Crippen LogP contribution in [0.15, 0.2) is 53.4 Å². The van der Waals surface area contributed by atoms with Gasteiger partial charge in [0.2, 0.25) is 0 Å². The molecule has 9 nitrogen and oxygen atoms in total. The smallest absolute Gasteiger partial charge is 0.341 e. The van der Waals surface area contributed by atoms with Gasteiger partial charge in [0.15, 0.2) is 5.11 Å². The van der Waals surface area contributed by atoms with Crippen LogP contribution >= 0.6 is 35.2 Å². The lowest BCUT2D eigenvalue weighted by molar-refractivity contribution is 0.0601. The van der Waals surface area contributed by atoms with Crippen LogP contribution in [0.5, 0.6) is 0 Å². The third kappa shape index (κ3) is 6.32. The maximum Gasteiger partial charge on any atom is 0.341 e. The first-order chi connectivity index (χ1) is 16.9. The fraction of sp³-hybridized carbons (Fsp3) is 0.174. The molecular weight excluding hydrogens is 544 g/mol. The van der Waals surface area contributed by atoms with Gasteiger partial charge in [-0.2, -0.15) is 0 Å². The zero-order valence-corrected chi connectivity index (χ0v) is 22.9. The van der Waals surface area contributed by atoms with Crippen molar-refractivity contribution in [2.45, 2.75) is 11.8 Å². The van der Waals surface area contributed by atoms with E-state index in [0.717, 1.165) is 11.3 Å². The Hall–Kier alpha value is -3.19. The third-order valence-electron chi connectivity index (χ3n) is 4.88. The number of ether oxygens (including phenoxy) is 1. The summed E-state index contributed by atoms with van der Waals surface area (Å²) in [4.78, 5) is 26.7. The number of thiophene rings is 1. The molecule has 0 atom stereocenters. The number of benzene rings is 2. The van der Waals surface area contributed by atoms with E-state index in [4.69, 9.17) is 28.6 Å². The van der Waals surface area contributed by atoms with Crippen molar-refractivity contribution in [1.82, 2.24) is 4.90 Å². The predicted octanol–water partition coefficient (Wildman–Crippen LogP) is 4.81. The molecule has 0 spiro atoms. The number of nitrogens with zero attached hydrogens (tertiary/aromatic N) is 1. The topological polar surface area (TPSA) is 117 Å². The van der Waals surface area contributed by atoms with Gasteiger partial charge in [0.25, 0.3) is 15.9 Å². The number of rotatable bonds is 7. The van der Waals surface area contributed by atoms with Crippen molar-refractivity contribution in [2.24, 2.45) is 0 Å². The summed E-state index contributed by atoms with van der Waals surface area (Å²) in [7, 11) is 0.681. The molecule has 0 fully saturated rings. The minimum atomic E-state index is -3.81. The largest absolute Gasteiger partial charge is 0.465 e. The van der Waals surface area contributed by atoms with Gasteiger partial charge < -0.3 is 20.3 Å². The molecule has 0 aliphatic carbocycles. The molecule has 0 unspecified atom stereocenters. The van der Waals surface area contributed by atoms with Crippen LogP contribution in [-0.4, -0.2) is 51.5 Å².